The average molecular weight is 769 g/mol. The minimum absolute atomic E-state index is 0.0189. The first-order valence-corrected chi connectivity index (χ1v) is 22.3. The number of anilines is 6. The number of hydrogen-bond acceptors (Lipinski definition) is 2. The summed E-state index contributed by atoms with van der Waals surface area (Å²) >= 11 is 0. The number of benzene rings is 7. The Labute approximate surface area is 352 Å². The lowest BCUT2D eigenvalue weighted by Gasteiger charge is -2.39. The third kappa shape index (κ3) is 6.87. The molecule has 0 aliphatic heterocycles. The van der Waals surface area contributed by atoms with Gasteiger partial charge in [0.25, 0.3) is 0 Å². The maximum Gasteiger partial charge on any atom is 0.0468 e. The van der Waals surface area contributed by atoms with E-state index in [1.165, 1.54) is 137 Å². The van der Waals surface area contributed by atoms with E-state index in [-0.39, 0.29) is 10.8 Å². The minimum atomic E-state index is -0.0214. The van der Waals surface area contributed by atoms with Crippen LogP contribution in [0.4, 0.5) is 34.1 Å². The summed E-state index contributed by atoms with van der Waals surface area (Å²) in [7, 11) is 0. The van der Waals surface area contributed by atoms with Crippen LogP contribution in [0.15, 0.2) is 176 Å². The Morgan fingerprint density at radius 2 is 0.831 bits per heavy atom. The van der Waals surface area contributed by atoms with Crippen molar-refractivity contribution in [2.24, 2.45) is 0 Å². The second-order valence-corrected chi connectivity index (χ2v) is 17.9. The van der Waals surface area contributed by atoms with Crippen LogP contribution in [0.1, 0.15) is 112 Å². The van der Waals surface area contributed by atoms with Gasteiger partial charge in [-0.2, -0.15) is 0 Å². The highest BCUT2D eigenvalue weighted by molar-refractivity contribution is 5.86. The third-order valence-electron chi connectivity index (χ3n) is 14.1. The molecule has 10 rings (SSSR count). The predicted molar refractivity (Wildman–Crippen MR) is 250 cm³/mol. The van der Waals surface area contributed by atoms with Crippen molar-refractivity contribution in [3.63, 3.8) is 0 Å². The lowest BCUT2D eigenvalue weighted by Crippen LogP contribution is -2.30. The van der Waals surface area contributed by atoms with Gasteiger partial charge in [0, 0.05) is 45.0 Å². The van der Waals surface area contributed by atoms with Crippen molar-refractivity contribution in [2.75, 3.05) is 9.80 Å². The van der Waals surface area contributed by atoms with E-state index in [0.717, 1.165) is 0 Å². The summed E-state index contributed by atoms with van der Waals surface area (Å²) in [6, 6.07) is 66.4. The number of rotatable bonds is 9. The molecule has 2 saturated carbocycles. The quantitative estimate of drug-likeness (QED) is 0.144. The van der Waals surface area contributed by atoms with Gasteiger partial charge < -0.3 is 9.80 Å². The molecule has 7 aromatic rings. The maximum atomic E-state index is 2.49. The van der Waals surface area contributed by atoms with Crippen molar-refractivity contribution >= 4 is 34.1 Å². The van der Waals surface area contributed by atoms with E-state index in [0.29, 0.717) is 5.92 Å². The summed E-state index contributed by atoms with van der Waals surface area (Å²) in [5, 5.41) is 0. The largest absolute Gasteiger partial charge is 0.311 e. The average Bonchev–Trinajstić information content (AvgIpc) is 3.53. The van der Waals surface area contributed by atoms with Gasteiger partial charge in [0.05, 0.1) is 0 Å². The van der Waals surface area contributed by atoms with Crippen molar-refractivity contribution in [2.45, 2.75) is 94.8 Å². The van der Waals surface area contributed by atoms with E-state index in [1.54, 1.807) is 0 Å². The lowest BCUT2D eigenvalue weighted by molar-refractivity contribution is 0.346. The molecule has 2 heteroatoms. The first-order valence-electron chi connectivity index (χ1n) is 22.3. The van der Waals surface area contributed by atoms with Gasteiger partial charge in [-0.05, 0) is 143 Å². The van der Waals surface area contributed by atoms with E-state index in [9.17, 15) is 0 Å². The number of para-hydroxylation sites is 2. The van der Waals surface area contributed by atoms with Crippen LogP contribution in [0.25, 0.3) is 11.1 Å². The van der Waals surface area contributed by atoms with E-state index in [1.807, 2.05) is 0 Å². The Morgan fingerprint density at radius 3 is 1.41 bits per heavy atom. The fourth-order valence-corrected chi connectivity index (χ4v) is 11.0. The molecule has 3 aliphatic rings. The standard InChI is InChI=1S/C57H56N2/c1-56(2)54-24-14-13-23-52(54)53-41-51(37-38-55(53)56)59(48-31-25-43(26-32-48)42-17-7-3-8-18-42)50-35-29-45(30-36-50)57(39-15-6-16-40-57)44-27-33-49(34-28-44)58(46-19-9-4-10-20-46)47-21-11-5-12-22-47/h4-5,9-14,19-38,41-42H,3,6-8,15-18,39-40H2,1-2H3. The highest BCUT2D eigenvalue weighted by Crippen LogP contribution is 2.51. The van der Waals surface area contributed by atoms with Crippen molar-refractivity contribution in [3.8, 4) is 11.1 Å². The van der Waals surface area contributed by atoms with Gasteiger partial charge in [-0.15, -0.1) is 0 Å². The Kier molecular flexibility index (Phi) is 9.97. The monoisotopic (exact) mass is 768 g/mol. The highest BCUT2D eigenvalue weighted by Gasteiger charge is 2.37. The van der Waals surface area contributed by atoms with Crippen molar-refractivity contribution < 1.29 is 0 Å². The summed E-state index contributed by atoms with van der Waals surface area (Å²) in [5.41, 5.74) is 17.0. The molecule has 0 atom stereocenters. The molecule has 0 spiro atoms. The molecule has 0 unspecified atom stereocenters. The topological polar surface area (TPSA) is 6.48 Å². The predicted octanol–water partition coefficient (Wildman–Crippen LogP) is 16.2. The van der Waals surface area contributed by atoms with Gasteiger partial charge in [-0.25, -0.2) is 0 Å². The van der Waals surface area contributed by atoms with Crippen LogP contribution in [0.2, 0.25) is 0 Å². The third-order valence-corrected chi connectivity index (χ3v) is 14.1. The first kappa shape index (κ1) is 37.4. The fourth-order valence-electron chi connectivity index (χ4n) is 11.0. The Hall–Kier alpha value is -5.86. The molecule has 0 aromatic heterocycles. The van der Waals surface area contributed by atoms with Crippen molar-refractivity contribution in [3.05, 3.63) is 204 Å². The zero-order valence-electron chi connectivity index (χ0n) is 34.8. The molecule has 0 bridgehead atoms. The number of hydrogen-bond donors (Lipinski definition) is 0. The maximum absolute atomic E-state index is 2.49. The Balaban J connectivity index is 1.02. The molecule has 7 aromatic carbocycles. The second-order valence-electron chi connectivity index (χ2n) is 17.9. The normalized spacial score (nSPS) is 16.8. The van der Waals surface area contributed by atoms with Crippen LogP contribution >= 0.6 is 0 Å². The first-order chi connectivity index (χ1) is 29.0. The molecule has 59 heavy (non-hydrogen) atoms. The summed E-state index contributed by atoms with van der Waals surface area (Å²) in [4.78, 5) is 4.85. The molecule has 0 amide bonds. The fraction of sp³-hybridized carbons (Fsp3) is 0.263. The minimum Gasteiger partial charge on any atom is -0.311 e. The summed E-state index contributed by atoms with van der Waals surface area (Å²) in [6.07, 6.45) is 12.8. The zero-order chi connectivity index (χ0) is 39.8. The van der Waals surface area contributed by atoms with Gasteiger partial charge in [0.2, 0.25) is 0 Å². The van der Waals surface area contributed by atoms with Gasteiger partial charge in [-0.3, -0.25) is 0 Å². The van der Waals surface area contributed by atoms with Gasteiger partial charge >= 0.3 is 0 Å². The van der Waals surface area contributed by atoms with Crippen LogP contribution in [0.3, 0.4) is 0 Å². The Morgan fingerprint density at radius 1 is 0.390 bits per heavy atom. The Bertz CT molecular complexity index is 2470. The van der Waals surface area contributed by atoms with Gasteiger partial charge in [-0.1, -0.05) is 156 Å². The van der Waals surface area contributed by atoms with E-state index in [2.05, 4.69) is 200 Å². The van der Waals surface area contributed by atoms with Crippen LogP contribution < -0.4 is 9.80 Å². The van der Waals surface area contributed by atoms with E-state index < -0.39 is 0 Å². The van der Waals surface area contributed by atoms with Crippen molar-refractivity contribution in [1.29, 1.82) is 0 Å². The molecular weight excluding hydrogens is 713 g/mol. The molecule has 0 radical (unpaired) electrons. The lowest BCUT2D eigenvalue weighted by atomic mass is 9.65. The van der Waals surface area contributed by atoms with E-state index >= 15 is 0 Å². The molecular formula is C57H56N2. The summed E-state index contributed by atoms with van der Waals surface area (Å²) in [5.74, 6) is 0.685. The molecule has 2 nitrogen and oxygen atoms in total. The number of fused-ring (bicyclic) bond motifs is 3. The molecule has 0 N–H and O–H groups in total. The zero-order valence-corrected chi connectivity index (χ0v) is 34.8. The van der Waals surface area contributed by atoms with Crippen LogP contribution in [-0.2, 0) is 10.8 Å². The summed E-state index contributed by atoms with van der Waals surface area (Å²) < 4.78 is 0. The molecule has 2 fully saturated rings. The molecule has 0 saturated heterocycles. The van der Waals surface area contributed by atoms with Crippen LogP contribution in [-0.4, -0.2) is 0 Å². The number of nitrogens with zero attached hydrogens (tertiary/aromatic N) is 2. The SMILES string of the molecule is CC1(C)c2ccccc2-c2cc(N(c3ccc(C4CCCCC4)cc3)c3ccc(C4(c5ccc(N(c6ccccc6)c6ccccc6)cc5)CCCCC4)cc3)ccc21. The molecule has 294 valence electrons. The van der Waals surface area contributed by atoms with Gasteiger partial charge in [0.15, 0.2) is 0 Å². The smallest absolute Gasteiger partial charge is 0.0468 e. The summed E-state index contributed by atoms with van der Waals surface area (Å²) in [6.45, 7) is 4.74. The van der Waals surface area contributed by atoms with Crippen molar-refractivity contribution in [1.82, 2.24) is 0 Å². The highest BCUT2D eigenvalue weighted by atomic mass is 15.1. The molecule has 3 aliphatic carbocycles. The van der Waals surface area contributed by atoms with Crippen LogP contribution in [0.5, 0.6) is 0 Å². The molecule has 0 heterocycles. The van der Waals surface area contributed by atoms with Crippen LogP contribution in [0, 0.1) is 0 Å². The van der Waals surface area contributed by atoms with E-state index in [4.69, 9.17) is 0 Å². The second kappa shape index (κ2) is 15.7. The van der Waals surface area contributed by atoms with Gasteiger partial charge in [0.1, 0.15) is 0 Å².